The van der Waals surface area contributed by atoms with Gasteiger partial charge in [0.2, 0.25) is 5.91 Å². The van der Waals surface area contributed by atoms with Gasteiger partial charge in [0.05, 0.1) is 17.0 Å². The van der Waals surface area contributed by atoms with Crippen molar-refractivity contribution in [3.63, 3.8) is 0 Å². The van der Waals surface area contributed by atoms with E-state index in [0.717, 1.165) is 10.5 Å². The van der Waals surface area contributed by atoms with Crippen LogP contribution >= 0.6 is 11.8 Å². The highest BCUT2D eigenvalue weighted by molar-refractivity contribution is 8.00. The van der Waals surface area contributed by atoms with Crippen LogP contribution in [0.5, 0.6) is 0 Å². The molecule has 22 heavy (non-hydrogen) atoms. The number of carbonyl (C=O) groups is 2. The van der Waals surface area contributed by atoms with Gasteiger partial charge < -0.3 is 10.6 Å². The fraction of sp³-hybridized carbons (Fsp3) is 0.176. The summed E-state index contributed by atoms with van der Waals surface area (Å²) in [5.74, 6) is -0.0560. The molecule has 2 N–H and O–H groups in total. The molecule has 0 radical (unpaired) electrons. The number of hydrogen-bond acceptors (Lipinski definition) is 3. The molecule has 0 fully saturated rings. The van der Waals surface area contributed by atoms with E-state index < -0.39 is 0 Å². The van der Waals surface area contributed by atoms with Crippen molar-refractivity contribution in [2.24, 2.45) is 0 Å². The lowest BCUT2D eigenvalue weighted by Crippen LogP contribution is -2.22. The van der Waals surface area contributed by atoms with Gasteiger partial charge in [-0.3, -0.25) is 9.59 Å². The van der Waals surface area contributed by atoms with E-state index in [4.69, 9.17) is 0 Å². The zero-order valence-electron chi connectivity index (χ0n) is 12.6. The molecular weight excluding hydrogens is 296 g/mol. The van der Waals surface area contributed by atoms with Gasteiger partial charge in [-0.05, 0) is 30.7 Å². The molecule has 4 nitrogen and oxygen atoms in total. The van der Waals surface area contributed by atoms with Crippen LogP contribution in [0.3, 0.4) is 0 Å². The van der Waals surface area contributed by atoms with Gasteiger partial charge in [0, 0.05) is 11.9 Å². The number of carbonyl (C=O) groups excluding carboxylic acids is 2. The Morgan fingerprint density at radius 1 is 1.05 bits per heavy atom. The topological polar surface area (TPSA) is 58.2 Å². The second kappa shape index (κ2) is 7.66. The van der Waals surface area contributed by atoms with Crippen LogP contribution in [0.4, 0.5) is 5.69 Å². The first kappa shape index (κ1) is 16.1. The van der Waals surface area contributed by atoms with Gasteiger partial charge in [0.25, 0.3) is 5.91 Å². The number of para-hydroxylation sites is 1. The average molecular weight is 314 g/mol. The average Bonchev–Trinajstić information content (AvgIpc) is 2.54. The van der Waals surface area contributed by atoms with Gasteiger partial charge in [-0.15, -0.1) is 11.8 Å². The Morgan fingerprint density at radius 2 is 1.73 bits per heavy atom. The predicted molar refractivity (Wildman–Crippen MR) is 90.4 cm³/mol. The van der Waals surface area contributed by atoms with Crippen LogP contribution in [-0.4, -0.2) is 24.6 Å². The summed E-state index contributed by atoms with van der Waals surface area (Å²) in [5.41, 5.74) is 2.13. The van der Waals surface area contributed by atoms with E-state index >= 15 is 0 Å². The highest BCUT2D eigenvalue weighted by atomic mass is 32.2. The second-order valence-electron chi connectivity index (χ2n) is 4.73. The van der Waals surface area contributed by atoms with Crippen LogP contribution < -0.4 is 10.6 Å². The van der Waals surface area contributed by atoms with Crippen molar-refractivity contribution in [3.05, 3.63) is 59.7 Å². The van der Waals surface area contributed by atoms with Crippen molar-refractivity contribution in [3.8, 4) is 0 Å². The standard InChI is InChI=1S/C17H18N2O2S/c1-12-7-3-6-10-15(12)22-11-16(20)19-14-9-5-4-8-13(14)17(21)18-2/h3-10H,11H2,1-2H3,(H,18,21)(H,19,20). The maximum absolute atomic E-state index is 12.1. The van der Waals surface area contributed by atoms with Gasteiger partial charge in [0.1, 0.15) is 0 Å². The third-order valence-corrected chi connectivity index (χ3v) is 4.30. The molecule has 0 saturated carbocycles. The van der Waals surface area contributed by atoms with Crippen LogP contribution in [0, 0.1) is 6.92 Å². The van der Waals surface area contributed by atoms with Gasteiger partial charge in [0.15, 0.2) is 0 Å². The van der Waals surface area contributed by atoms with Crippen LogP contribution in [0.15, 0.2) is 53.4 Å². The molecule has 114 valence electrons. The third-order valence-electron chi connectivity index (χ3n) is 3.13. The number of hydrogen-bond donors (Lipinski definition) is 2. The minimum Gasteiger partial charge on any atom is -0.355 e. The number of thioether (sulfide) groups is 1. The van der Waals surface area contributed by atoms with E-state index in [0.29, 0.717) is 17.0 Å². The number of nitrogens with one attached hydrogen (secondary N) is 2. The van der Waals surface area contributed by atoms with Gasteiger partial charge in [-0.25, -0.2) is 0 Å². The molecule has 0 unspecified atom stereocenters. The molecule has 0 bridgehead atoms. The summed E-state index contributed by atoms with van der Waals surface area (Å²) < 4.78 is 0. The molecule has 2 aromatic rings. The van der Waals surface area contributed by atoms with Gasteiger partial charge in [-0.2, -0.15) is 0 Å². The molecule has 0 aromatic heterocycles. The molecule has 0 aliphatic heterocycles. The minimum absolute atomic E-state index is 0.135. The Bertz CT molecular complexity index is 686. The molecular formula is C17H18N2O2S. The van der Waals surface area contributed by atoms with Crippen LogP contribution in [0.25, 0.3) is 0 Å². The summed E-state index contributed by atoms with van der Waals surface area (Å²) in [5, 5.41) is 5.36. The molecule has 5 heteroatoms. The fourth-order valence-electron chi connectivity index (χ4n) is 1.97. The summed E-state index contributed by atoms with van der Waals surface area (Å²) in [6, 6.07) is 14.9. The lowest BCUT2D eigenvalue weighted by molar-refractivity contribution is -0.113. The van der Waals surface area contributed by atoms with Crippen LogP contribution in [-0.2, 0) is 4.79 Å². The first-order valence-corrected chi connectivity index (χ1v) is 7.89. The number of amides is 2. The van der Waals surface area contributed by atoms with Crippen molar-refractivity contribution in [2.75, 3.05) is 18.1 Å². The summed E-state index contributed by atoms with van der Waals surface area (Å²) in [7, 11) is 1.56. The lowest BCUT2D eigenvalue weighted by atomic mass is 10.1. The van der Waals surface area contributed by atoms with Gasteiger partial charge >= 0.3 is 0 Å². The molecule has 0 spiro atoms. The molecule has 2 aromatic carbocycles. The van der Waals surface area contributed by atoms with Crippen molar-refractivity contribution in [2.45, 2.75) is 11.8 Å². The van der Waals surface area contributed by atoms with E-state index in [9.17, 15) is 9.59 Å². The van der Waals surface area contributed by atoms with Crippen molar-refractivity contribution in [1.82, 2.24) is 5.32 Å². The highest BCUT2D eigenvalue weighted by Gasteiger charge is 2.12. The Hall–Kier alpha value is -2.27. The maximum Gasteiger partial charge on any atom is 0.253 e. The van der Waals surface area contributed by atoms with Crippen LogP contribution in [0.1, 0.15) is 15.9 Å². The molecule has 0 aliphatic carbocycles. The molecule has 0 saturated heterocycles. The Balaban J connectivity index is 2.01. The zero-order chi connectivity index (χ0) is 15.9. The maximum atomic E-state index is 12.1. The normalized spacial score (nSPS) is 10.1. The fourth-order valence-corrected chi connectivity index (χ4v) is 2.80. The first-order chi connectivity index (χ1) is 10.6. The zero-order valence-corrected chi connectivity index (χ0v) is 13.4. The molecule has 2 rings (SSSR count). The largest absolute Gasteiger partial charge is 0.355 e. The smallest absolute Gasteiger partial charge is 0.253 e. The second-order valence-corrected chi connectivity index (χ2v) is 5.74. The minimum atomic E-state index is -0.220. The molecule has 0 atom stereocenters. The van der Waals surface area contributed by atoms with Crippen molar-refractivity contribution >= 4 is 29.3 Å². The van der Waals surface area contributed by atoms with Gasteiger partial charge in [-0.1, -0.05) is 30.3 Å². The summed E-state index contributed by atoms with van der Waals surface area (Å²) >= 11 is 1.48. The quantitative estimate of drug-likeness (QED) is 0.834. The summed E-state index contributed by atoms with van der Waals surface area (Å²) in [4.78, 5) is 24.9. The Labute approximate surface area is 134 Å². The van der Waals surface area contributed by atoms with Crippen molar-refractivity contribution in [1.29, 1.82) is 0 Å². The van der Waals surface area contributed by atoms with Crippen molar-refractivity contribution < 1.29 is 9.59 Å². The van der Waals surface area contributed by atoms with E-state index in [1.54, 1.807) is 31.3 Å². The molecule has 0 aliphatic rings. The Kier molecular flexibility index (Phi) is 5.61. The monoisotopic (exact) mass is 314 g/mol. The number of rotatable bonds is 5. The van der Waals surface area contributed by atoms with E-state index in [2.05, 4.69) is 10.6 Å². The summed E-state index contributed by atoms with van der Waals surface area (Å²) in [6.07, 6.45) is 0. The van der Waals surface area contributed by atoms with Crippen LogP contribution in [0.2, 0.25) is 0 Å². The number of anilines is 1. The van der Waals surface area contributed by atoms with E-state index in [-0.39, 0.29) is 11.8 Å². The Morgan fingerprint density at radius 3 is 2.45 bits per heavy atom. The highest BCUT2D eigenvalue weighted by Crippen LogP contribution is 2.22. The van der Waals surface area contributed by atoms with E-state index in [1.165, 1.54) is 11.8 Å². The number of aryl methyl sites for hydroxylation is 1. The molecule has 0 heterocycles. The third kappa shape index (κ3) is 4.11. The number of benzene rings is 2. The summed E-state index contributed by atoms with van der Waals surface area (Å²) in [6.45, 7) is 2.02. The lowest BCUT2D eigenvalue weighted by Gasteiger charge is -2.10. The van der Waals surface area contributed by atoms with E-state index in [1.807, 2.05) is 31.2 Å². The SMILES string of the molecule is CNC(=O)c1ccccc1NC(=O)CSc1ccccc1C. The first-order valence-electron chi connectivity index (χ1n) is 6.91. The predicted octanol–water partition coefficient (Wildman–Crippen LogP) is 3.09. The molecule has 2 amide bonds.